The first-order chi connectivity index (χ1) is 23.8. The average molecular weight is 694 g/mol. The van der Waals surface area contributed by atoms with E-state index in [1.807, 2.05) is 0 Å². The molecule has 0 aliphatic carbocycles. The van der Waals surface area contributed by atoms with Gasteiger partial charge >= 0.3 is 0 Å². The van der Waals surface area contributed by atoms with Crippen LogP contribution in [0.25, 0.3) is 0 Å². The van der Waals surface area contributed by atoms with E-state index in [0.717, 1.165) is 17.9 Å². The van der Waals surface area contributed by atoms with Crippen molar-refractivity contribution < 1.29 is 61.7 Å². The second-order valence-corrected chi connectivity index (χ2v) is 10.7. The molecular formula is C34H63NO13. The van der Waals surface area contributed by atoms with Crippen molar-refractivity contribution in [3.05, 3.63) is 12.2 Å². The van der Waals surface area contributed by atoms with Crippen molar-refractivity contribution >= 4 is 11.8 Å². The highest BCUT2D eigenvalue weighted by atomic mass is 16.6. The van der Waals surface area contributed by atoms with Crippen LogP contribution in [0, 0.1) is 0 Å². The molecule has 1 rings (SSSR count). The maximum atomic E-state index is 11.4. The van der Waals surface area contributed by atoms with E-state index >= 15 is 0 Å². The highest BCUT2D eigenvalue weighted by Gasteiger charge is 2.22. The molecule has 0 radical (unpaired) electrons. The lowest BCUT2D eigenvalue weighted by Gasteiger charge is -2.13. The minimum Gasteiger partial charge on any atom is -0.379 e. The SMILES string of the molecule is CCCCCCCCOCCOCCOCCOCCOCCOCCOCCOCCOCCOCCOCCN1C(=O)C=CC1=O. The third-order valence-corrected chi connectivity index (χ3v) is 6.72. The number of imide groups is 1. The molecule has 0 bridgehead atoms. The molecule has 48 heavy (non-hydrogen) atoms. The Morgan fingerprint density at radius 3 is 0.917 bits per heavy atom. The van der Waals surface area contributed by atoms with Crippen molar-refractivity contribution in [3.63, 3.8) is 0 Å². The summed E-state index contributed by atoms with van der Waals surface area (Å²) in [6, 6.07) is 0. The van der Waals surface area contributed by atoms with E-state index in [-0.39, 0.29) is 25.0 Å². The summed E-state index contributed by atoms with van der Waals surface area (Å²) in [5, 5.41) is 0. The van der Waals surface area contributed by atoms with Crippen LogP contribution >= 0.6 is 0 Å². The molecule has 0 fully saturated rings. The Morgan fingerprint density at radius 1 is 0.354 bits per heavy atom. The molecule has 1 heterocycles. The quantitative estimate of drug-likeness (QED) is 0.0687. The van der Waals surface area contributed by atoms with Crippen LogP contribution in [0.3, 0.4) is 0 Å². The zero-order valence-electron chi connectivity index (χ0n) is 29.4. The number of hydrogen-bond acceptors (Lipinski definition) is 13. The largest absolute Gasteiger partial charge is 0.379 e. The van der Waals surface area contributed by atoms with Crippen molar-refractivity contribution in [3.8, 4) is 0 Å². The molecule has 14 heteroatoms. The second-order valence-electron chi connectivity index (χ2n) is 10.7. The van der Waals surface area contributed by atoms with Crippen LogP contribution in [0.5, 0.6) is 0 Å². The zero-order chi connectivity index (χ0) is 34.4. The van der Waals surface area contributed by atoms with Gasteiger partial charge in [0, 0.05) is 18.8 Å². The van der Waals surface area contributed by atoms with Gasteiger partial charge in [-0.05, 0) is 6.42 Å². The van der Waals surface area contributed by atoms with Crippen molar-refractivity contribution in [2.75, 3.05) is 152 Å². The monoisotopic (exact) mass is 693 g/mol. The fraction of sp³-hybridized carbons (Fsp3) is 0.882. The smallest absolute Gasteiger partial charge is 0.253 e. The Bertz CT molecular complexity index is 726. The number of carbonyl (C=O) groups excluding carboxylic acids is 2. The van der Waals surface area contributed by atoms with E-state index in [0.29, 0.717) is 132 Å². The molecule has 0 saturated heterocycles. The van der Waals surface area contributed by atoms with E-state index in [4.69, 9.17) is 52.1 Å². The van der Waals surface area contributed by atoms with Crippen LogP contribution in [-0.4, -0.2) is 169 Å². The van der Waals surface area contributed by atoms with Crippen LogP contribution in [-0.2, 0) is 61.7 Å². The Hall–Kier alpha value is -1.56. The summed E-state index contributed by atoms with van der Waals surface area (Å²) >= 11 is 0. The zero-order valence-corrected chi connectivity index (χ0v) is 29.4. The van der Waals surface area contributed by atoms with Gasteiger partial charge < -0.3 is 52.1 Å². The van der Waals surface area contributed by atoms with Crippen molar-refractivity contribution in [1.82, 2.24) is 4.90 Å². The fourth-order valence-electron chi connectivity index (χ4n) is 4.09. The summed E-state index contributed by atoms with van der Waals surface area (Å²) in [5.74, 6) is -0.609. The van der Waals surface area contributed by atoms with Crippen LogP contribution < -0.4 is 0 Å². The van der Waals surface area contributed by atoms with Crippen molar-refractivity contribution in [1.29, 1.82) is 0 Å². The van der Waals surface area contributed by atoms with Gasteiger partial charge in [-0.2, -0.15) is 0 Å². The first kappa shape index (κ1) is 44.5. The molecular weight excluding hydrogens is 630 g/mol. The predicted molar refractivity (Wildman–Crippen MR) is 178 cm³/mol. The molecule has 1 aliphatic heterocycles. The summed E-state index contributed by atoms with van der Waals surface area (Å²) in [4.78, 5) is 23.9. The van der Waals surface area contributed by atoms with Gasteiger partial charge in [0.2, 0.25) is 0 Å². The Kier molecular flexibility index (Phi) is 34.0. The van der Waals surface area contributed by atoms with E-state index in [2.05, 4.69) is 6.92 Å². The summed E-state index contributed by atoms with van der Waals surface area (Å²) in [6.45, 7) is 13.6. The molecule has 0 saturated carbocycles. The van der Waals surface area contributed by atoms with E-state index in [9.17, 15) is 9.59 Å². The lowest BCUT2D eigenvalue weighted by atomic mass is 10.1. The Morgan fingerprint density at radius 2 is 0.604 bits per heavy atom. The summed E-state index contributed by atoms with van der Waals surface area (Å²) in [6.07, 6.45) is 10.2. The Labute approximate surface area is 287 Å². The lowest BCUT2D eigenvalue weighted by Crippen LogP contribution is -2.33. The normalized spacial score (nSPS) is 13.1. The molecule has 0 spiro atoms. The minimum atomic E-state index is -0.305. The fourth-order valence-corrected chi connectivity index (χ4v) is 4.09. The first-order valence-corrected chi connectivity index (χ1v) is 17.6. The number of amides is 2. The highest BCUT2D eigenvalue weighted by Crippen LogP contribution is 2.05. The summed E-state index contributed by atoms with van der Waals surface area (Å²) < 4.78 is 60.2. The topological polar surface area (TPSA) is 139 Å². The van der Waals surface area contributed by atoms with E-state index < -0.39 is 0 Å². The van der Waals surface area contributed by atoms with Gasteiger partial charge in [-0.25, -0.2) is 0 Å². The predicted octanol–water partition coefficient (Wildman–Crippen LogP) is 2.45. The second kappa shape index (κ2) is 36.7. The lowest BCUT2D eigenvalue weighted by molar-refractivity contribution is -0.137. The maximum Gasteiger partial charge on any atom is 0.253 e. The number of rotatable bonds is 40. The molecule has 0 aromatic rings. The highest BCUT2D eigenvalue weighted by molar-refractivity contribution is 6.12. The van der Waals surface area contributed by atoms with Gasteiger partial charge in [0.05, 0.1) is 145 Å². The van der Waals surface area contributed by atoms with Gasteiger partial charge in [0.25, 0.3) is 11.8 Å². The van der Waals surface area contributed by atoms with Gasteiger partial charge in [-0.15, -0.1) is 0 Å². The molecule has 0 atom stereocenters. The molecule has 0 N–H and O–H groups in total. The third-order valence-electron chi connectivity index (χ3n) is 6.72. The van der Waals surface area contributed by atoms with E-state index in [1.54, 1.807) is 0 Å². The first-order valence-electron chi connectivity index (χ1n) is 17.6. The van der Waals surface area contributed by atoms with Crippen LogP contribution in [0.15, 0.2) is 12.2 Å². The van der Waals surface area contributed by atoms with Crippen molar-refractivity contribution in [2.45, 2.75) is 45.4 Å². The molecule has 282 valence electrons. The number of ether oxygens (including phenoxy) is 11. The van der Waals surface area contributed by atoms with Crippen molar-refractivity contribution in [2.24, 2.45) is 0 Å². The summed E-state index contributed by atoms with van der Waals surface area (Å²) in [5.41, 5.74) is 0. The average Bonchev–Trinajstić information content (AvgIpc) is 3.41. The molecule has 1 aliphatic rings. The number of carbonyl (C=O) groups is 2. The third kappa shape index (κ3) is 30.5. The molecule has 14 nitrogen and oxygen atoms in total. The van der Waals surface area contributed by atoms with Gasteiger partial charge in [-0.1, -0.05) is 39.0 Å². The van der Waals surface area contributed by atoms with Gasteiger partial charge in [0.1, 0.15) is 0 Å². The number of hydrogen-bond donors (Lipinski definition) is 0. The van der Waals surface area contributed by atoms with Crippen LogP contribution in [0.1, 0.15) is 45.4 Å². The molecule has 2 amide bonds. The van der Waals surface area contributed by atoms with Gasteiger partial charge in [0.15, 0.2) is 0 Å². The van der Waals surface area contributed by atoms with Crippen LogP contribution in [0.4, 0.5) is 0 Å². The molecule has 0 aromatic carbocycles. The van der Waals surface area contributed by atoms with Gasteiger partial charge in [-0.3, -0.25) is 14.5 Å². The minimum absolute atomic E-state index is 0.241. The van der Waals surface area contributed by atoms with Crippen LogP contribution in [0.2, 0.25) is 0 Å². The number of unbranched alkanes of at least 4 members (excludes halogenated alkanes) is 5. The summed E-state index contributed by atoms with van der Waals surface area (Å²) in [7, 11) is 0. The Balaban J connectivity index is 1.61. The maximum absolute atomic E-state index is 11.4. The standard InChI is InChI=1S/C34H63NO13/c1-2-3-4-5-6-7-11-38-13-15-40-17-19-42-21-23-44-25-27-46-29-31-48-32-30-47-28-26-45-24-22-43-20-18-41-16-14-39-12-10-35-33(36)8-9-34(35)37/h8-9H,2-7,10-32H2,1H3. The number of nitrogens with zero attached hydrogens (tertiary/aromatic N) is 1. The van der Waals surface area contributed by atoms with E-state index in [1.165, 1.54) is 44.3 Å². The molecule has 0 unspecified atom stereocenters. The molecule has 0 aromatic heterocycles.